The quantitative estimate of drug-likeness (QED) is 0.744. The van der Waals surface area contributed by atoms with Gasteiger partial charge in [-0.05, 0) is 61.2 Å². The van der Waals surface area contributed by atoms with Gasteiger partial charge in [-0.1, -0.05) is 25.1 Å². The van der Waals surface area contributed by atoms with Crippen molar-refractivity contribution in [2.75, 3.05) is 6.61 Å². The Labute approximate surface area is 153 Å². The van der Waals surface area contributed by atoms with E-state index in [2.05, 4.69) is 0 Å². The van der Waals surface area contributed by atoms with Crippen LogP contribution in [0.2, 0.25) is 0 Å². The van der Waals surface area contributed by atoms with Crippen LogP contribution in [0.3, 0.4) is 0 Å². The maximum Gasteiger partial charge on any atom is 0.331 e. The van der Waals surface area contributed by atoms with E-state index < -0.39 is 11.9 Å². The number of carbonyl (C=O) groups excluding carboxylic acids is 1. The molecule has 0 aliphatic carbocycles. The smallest absolute Gasteiger partial charge is 0.331 e. The third kappa shape index (κ3) is 4.30. The van der Waals surface area contributed by atoms with Gasteiger partial charge in [-0.25, -0.2) is 4.79 Å². The molecular weight excluding hydrogens is 330 g/mol. The Balaban J connectivity index is 2.38. The molecule has 0 spiro atoms. The van der Waals surface area contributed by atoms with E-state index in [9.17, 15) is 14.7 Å². The molecule has 0 saturated heterocycles. The molecule has 26 heavy (non-hydrogen) atoms. The SMILES string of the molecule is CCc1cccc(C)c1/C(COc1ccc(C(N)=O)cc1)=C(\C)C(=O)O. The first-order valence-electron chi connectivity index (χ1n) is 8.39. The van der Waals surface area contributed by atoms with Gasteiger partial charge in [0.05, 0.1) is 0 Å². The summed E-state index contributed by atoms with van der Waals surface area (Å²) in [5.74, 6) is -0.943. The molecule has 0 aliphatic rings. The molecular formula is C21H23NO4. The predicted octanol–water partition coefficient (Wildman–Crippen LogP) is 3.59. The second-order valence-corrected chi connectivity index (χ2v) is 6.05. The van der Waals surface area contributed by atoms with Crippen LogP contribution in [0.25, 0.3) is 5.57 Å². The lowest BCUT2D eigenvalue weighted by molar-refractivity contribution is -0.132. The molecule has 0 heterocycles. The number of amides is 1. The summed E-state index contributed by atoms with van der Waals surface area (Å²) in [6.07, 6.45) is 0.792. The molecule has 136 valence electrons. The highest BCUT2D eigenvalue weighted by Gasteiger charge is 2.17. The number of rotatable bonds is 7. The second kappa shape index (κ2) is 8.34. The fraction of sp³-hybridized carbons (Fsp3) is 0.238. The average molecular weight is 353 g/mol. The topological polar surface area (TPSA) is 89.6 Å². The third-order valence-electron chi connectivity index (χ3n) is 4.34. The number of carboxylic acids is 1. The zero-order chi connectivity index (χ0) is 19.3. The third-order valence-corrected chi connectivity index (χ3v) is 4.34. The second-order valence-electron chi connectivity index (χ2n) is 6.05. The minimum Gasteiger partial charge on any atom is -0.489 e. The first kappa shape index (κ1) is 19.2. The van der Waals surface area contributed by atoms with E-state index in [-0.39, 0.29) is 12.2 Å². The summed E-state index contributed by atoms with van der Waals surface area (Å²) in [6, 6.07) is 12.4. The monoisotopic (exact) mass is 353 g/mol. The van der Waals surface area contributed by atoms with Crippen LogP contribution >= 0.6 is 0 Å². The van der Waals surface area contributed by atoms with Crippen molar-refractivity contribution < 1.29 is 19.4 Å². The summed E-state index contributed by atoms with van der Waals surface area (Å²) < 4.78 is 5.81. The largest absolute Gasteiger partial charge is 0.489 e. The summed E-state index contributed by atoms with van der Waals surface area (Å²) in [5, 5.41) is 9.50. The molecule has 3 N–H and O–H groups in total. The van der Waals surface area contributed by atoms with E-state index in [4.69, 9.17) is 10.5 Å². The van der Waals surface area contributed by atoms with E-state index in [1.165, 1.54) is 0 Å². The summed E-state index contributed by atoms with van der Waals surface area (Å²) in [5.41, 5.74) is 9.52. The molecule has 0 aromatic heterocycles. The molecule has 5 nitrogen and oxygen atoms in total. The molecule has 0 radical (unpaired) electrons. The number of nitrogens with two attached hydrogens (primary N) is 1. The number of benzene rings is 2. The number of aryl methyl sites for hydroxylation is 2. The number of carboxylic acid groups (broad SMARTS) is 1. The van der Waals surface area contributed by atoms with Crippen molar-refractivity contribution in [3.8, 4) is 5.75 Å². The van der Waals surface area contributed by atoms with Crippen molar-refractivity contribution in [3.05, 3.63) is 70.3 Å². The van der Waals surface area contributed by atoms with Crippen molar-refractivity contribution in [1.29, 1.82) is 0 Å². The molecule has 5 heteroatoms. The van der Waals surface area contributed by atoms with Gasteiger partial charge in [0.15, 0.2) is 0 Å². The van der Waals surface area contributed by atoms with Gasteiger partial charge in [-0.2, -0.15) is 0 Å². The Morgan fingerprint density at radius 3 is 2.31 bits per heavy atom. The molecule has 0 unspecified atom stereocenters. The van der Waals surface area contributed by atoms with Crippen molar-refractivity contribution in [3.63, 3.8) is 0 Å². The number of primary amides is 1. The van der Waals surface area contributed by atoms with Gasteiger partial charge in [-0.15, -0.1) is 0 Å². The van der Waals surface area contributed by atoms with Crippen LogP contribution in [-0.4, -0.2) is 23.6 Å². The average Bonchev–Trinajstić information content (AvgIpc) is 2.62. The van der Waals surface area contributed by atoms with E-state index in [0.29, 0.717) is 16.9 Å². The normalized spacial score (nSPS) is 11.7. The van der Waals surface area contributed by atoms with Gasteiger partial charge in [-0.3, -0.25) is 4.79 Å². The molecule has 0 aliphatic heterocycles. The maximum atomic E-state index is 11.6. The van der Waals surface area contributed by atoms with Gasteiger partial charge in [0.1, 0.15) is 12.4 Å². The van der Waals surface area contributed by atoms with Gasteiger partial charge < -0.3 is 15.6 Å². The molecule has 0 fully saturated rings. The Bertz CT molecular complexity index is 851. The van der Waals surface area contributed by atoms with Crippen LogP contribution in [0.15, 0.2) is 48.0 Å². The highest BCUT2D eigenvalue weighted by Crippen LogP contribution is 2.28. The molecule has 2 aromatic carbocycles. The first-order chi connectivity index (χ1) is 12.3. The van der Waals surface area contributed by atoms with Gasteiger partial charge in [0.2, 0.25) is 5.91 Å². The van der Waals surface area contributed by atoms with Gasteiger partial charge in [0, 0.05) is 16.7 Å². The zero-order valence-corrected chi connectivity index (χ0v) is 15.2. The molecule has 0 atom stereocenters. The Hall–Kier alpha value is -3.08. The van der Waals surface area contributed by atoms with Crippen LogP contribution in [0.1, 0.15) is 40.9 Å². The van der Waals surface area contributed by atoms with Crippen molar-refractivity contribution >= 4 is 17.4 Å². The van der Waals surface area contributed by atoms with Crippen LogP contribution < -0.4 is 10.5 Å². The Morgan fingerprint density at radius 2 is 1.77 bits per heavy atom. The fourth-order valence-corrected chi connectivity index (χ4v) is 2.82. The van der Waals surface area contributed by atoms with E-state index in [1.54, 1.807) is 31.2 Å². The van der Waals surface area contributed by atoms with Gasteiger partial charge in [0.25, 0.3) is 0 Å². The van der Waals surface area contributed by atoms with E-state index in [1.807, 2.05) is 32.0 Å². The number of ether oxygens (including phenoxy) is 1. The molecule has 0 saturated carbocycles. The predicted molar refractivity (Wildman–Crippen MR) is 101 cm³/mol. The maximum absolute atomic E-state index is 11.6. The summed E-state index contributed by atoms with van der Waals surface area (Å²) in [6.45, 7) is 5.70. The van der Waals surface area contributed by atoms with Crippen LogP contribution in [0.4, 0.5) is 0 Å². The number of aliphatic carboxylic acids is 1. The van der Waals surface area contributed by atoms with Crippen LogP contribution in [-0.2, 0) is 11.2 Å². The lowest BCUT2D eigenvalue weighted by Crippen LogP contribution is -2.12. The molecule has 1 amide bonds. The van der Waals surface area contributed by atoms with Crippen LogP contribution in [0, 0.1) is 6.92 Å². The highest BCUT2D eigenvalue weighted by atomic mass is 16.5. The fourth-order valence-electron chi connectivity index (χ4n) is 2.82. The van der Waals surface area contributed by atoms with Crippen molar-refractivity contribution in [2.24, 2.45) is 5.73 Å². The minimum atomic E-state index is -0.974. The Kier molecular flexibility index (Phi) is 6.17. The number of hydrogen-bond acceptors (Lipinski definition) is 3. The Morgan fingerprint density at radius 1 is 1.12 bits per heavy atom. The first-order valence-corrected chi connectivity index (χ1v) is 8.39. The van der Waals surface area contributed by atoms with Crippen LogP contribution in [0.5, 0.6) is 5.75 Å². The van der Waals surface area contributed by atoms with Crippen molar-refractivity contribution in [2.45, 2.75) is 27.2 Å². The lowest BCUT2D eigenvalue weighted by Gasteiger charge is -2.18. The molecule has 0 bridgehead atoms. The van der Waals surface area contributed by atoms with E-state index in [0.717, 1.165) is 23.1 Å². The van der Waals surface area contributed by atoms with Gasteiger partial charge >= 0.3 is 5.97 Å². The highest BCUT2D eigenvalue weighted by molar-refractivity contribution is 5.97. The standard InChI is InChI=1S/C21H23NO4/c1-4-15-7-5-6-13(2)19(15)18(14(3)21(24)25)12-26-17-10-8-16(9-11-17)20(22)23/h5-11H,4,12H2,1-3H3,(H2,22,23)(H,24,25)/b18-14+. The minimum absolute atomic E-state index is 0.117. The summed E-state index contributed by atoms with van der Waals surface area (Å²) in [4.78, 5) is 22.7. The van der Waals surface area contributed by atoms with E-state index >= 15 is 0 Å². The molecule has 2 aromatic rings. The number of carbonyl (C=O) groups is 2. The zero-order valence-electron chi connectivity index (χ0n) is 15.2. The van der Waals surface area contributed by atoms with Crippen molar-refractivity contribution in [1.82, 2.24) is 0 Å². The summed E-state index contributed by atoms with van der Waals surface area (Å²) in [7, 11) is 0. The number of hydrogen-bond donors (Lipinski definition) is 2. The lowest BCUT2D eigenvalue weighted by atomic mass is 9.91. The molecule has 2 rings (SSSR count). The summed E-state index contributed by atoms with van der Waals surface area (Å²) >= 11 is 0.